The van der Waals surface area contributed by atoms with E-state index in [0.717, 1.165) is 18.4 Å². The maximum atomic E-state index is 11.7. The number of anilines is 1. The zero-order chi connectivity index (χ0) is 16.2. The van der Waals surface area contributed by atoms with Gasteiger partial charge in [0, 0.05) is 23.7 Å². The zero-order valence-corrected chi connectivity index (χ0v) is 12.3. The third kappa shape index (κ3) is 4.06. The normalized spacial score (nSPS) is 13.6. The van der Waals surface area contributed by atoms with Gasteiger partial charge in [-0.05, 0) is 25.0 Å². The van der Waals surface area contributed by atoms with Crippen molar-refractivity contribution in [1.82, 2.24) is 15.5 Å². The first kappa shape index (κ1) is 15.0. The summed E-state index contributed by atoms with van der Waals surface area (Å²) in [6.07, 6.45) is 2.04. The van der Waals surface area contributed by atoms with E-state index in [-0.39, 0.29) is 13.0 Å². The van der Waals surface area contributed by atoms with Crippen LogP contribution < -0.4 is 10.6 Å². The lowest BCUT2D eigenvalue weighted by atomic mass is 10.2. The number of carbonyl (C=O) groups is 2. The highest BCUT2D eigenvalue weighted by Crippen LogP contribution is 2.39. The first-order chi connectivity index (χ1) is 11.1. The first-order valence-corrected chi connectivity index (χ1v) is 7.32. The number of rotatable bonds is 6. The summed E-state index contributed by atoms with van der Waals surface area (Å²) in [5.74, 6) is 0.569. The van der Waals surface area contributed by atoms with E-state index in [1.54, 1.807) is 18.2 Å². The van der Waals surface area contributed by atoms with E-state index in [0.29, 0.717) is 23.3 Å². The number of amides is 2. The Morgan fingerprint density at radius 1 is 1.35 bits per heavy atom. The van der Waals surface area contributed by atoms with E-state index in [1.807, 2.05) is 6.07 Å². The highest BCUT2D eigenvalue weighted by atomic mass is 16.5. The molecule has 0 bridgehead atoms. The summed E-state index contributed by atoms with van der Waals surface area (Å²) in [7, 11) is 0. The number of carboxylic acid groups (broad SMARTS) is 1. The number of aromatic nitrogens is 2. The maximum Gasteiger partial charge on any atom is 0.319 e. The SMILES string of the molecule is O=C(O)CCNC(=O)Nc1cccc(-c2noc(C3CC3)n2)c1. The molecule has 1 aliphatic carbocycles. The molecule has 1 aliphatic rings. The van der Waals surface area contributed by atoms with Crippen LogP contribution in [0, 0.1) is 0 Å². The number of aliphatic carboxylic acids is 1. The molecule has 0 atom stereocenters. The van der Waals surface area contributed by atoms with E-state index in [2.05, 4.69) is 20.8 Å². The van der Waals surface area contributed by atoms with E-state index in [1.165, 1.54) is 0 Å². The van der Waals surface area contributed by atoms with E-state index in [9.17, 15) is 9.59 Å². The van der Waals surface area contributed by atoms with Gasteiger partial charge in [0.15, 0.2) is 0 Å². The van der Waals surface area contributed by atoms with Gasteiger partial charge in [0.2, 0.25) is 11.7 Å². The molecule has 8 nitrogen and oxygen atoms in total. The molecule has 3 rings (SSSR count). The van der Waals surface area contributed by atoms with Crippen molar-refractivity contribution >= 4 is 17.7 Å². The molecule has 0 aliphatic heterocycles. The van der Waals surface area contributed by atoms with Crippen molar-refractivity contribution < 1.29 is 19.2 Å². The maximum absolute atomic E-state index is 11.7. The molecule has 0 unspecified atom stereocenters. The standard InChI is InChI=1S/C15H16N4O4/c20-12(21)6-7-16-15(22)17-11-3-1-2-10(8-11)13-18-14(23-19-13)9-4-5-9/h1-3,8-9H,4-7H2,(H,20,21)(H2,16,17,22). The number of nitrogens with zero attached hydrogens (tertiary/aromatic N) is 2. The van der Waals surface area contributed by atoms with Crippen molar-refractivity contribution in [3.05, 3.63) is 30.2 Å². The van der Waals surface area contributed by atoms with Crippen LogP contribution in [0.25, 0.3) is 11.4 Å². The third-order valence-electron chi connectivity index (χ3n) is 3.37. The molecule has 3 N–H and O–H groups in total. The lowest BCUT2D eigenvalue weighted by Gasteiger charge is -2.07. The number of nitrogens with one attached hydrogen (secondary N) is 2. The smallest absolute Gasteiger partial charge is 0.319 e. The average Bonchev–Trinajstić information content (AvgIpc) is 3.24. The van der Waals surface area contributed by atoms with Crippen LogP contribution in [0.5, 0.6) is 0 Å². The lowest BCUT2D eigenvalue weighted by Crippen LogP contribution is -2.30. The number of hydrogen-bond acceptors (Lipinski definition) is 5. The second-order valence-electron chi connectivity index (χ2n) is 5.34. The highest BCUT2D eigenvalue weighted by molar-refractivity contribution is 5.90. The second-order valence-corrected chi connectivity index (χ2v) is 5.34. The largest absolute Gasteiger partial charge is 0.481 e. The number of benzene rings is 1. The Morgan fingerprint density at radius 3 is 2.91 bits per heavy atom. The summed E-state index contributed by atoms with van der Waals surface area (Å²) in [5, 5.41) is 17.6. The number of urea groups is 1. The average molecular weight is 316 g/mol. The molecule has 2 amide bonds. The summed E-state index contributed by atoms with van der Waals surface area (Å²) < 4.78 is 5.22. The molecule has 2 aromatic rings. The fraction of sp³-hybridized carbons (Fsp3) is 0.333. The van der Waals surface area contributed by atoms with E-state index >= 15 is 0 Å². The minimum atomic E-state index is -0.962. The molecule has 0 spiro atoms. The number of carbonyl (C=O) groups excluding carboxylic acids is 1. The van der Waals surface area contributed by atoms with Crippen molar-refractivity contribution in [1.29, 1.82) is 0 Å². The summed E-state index contributed by atoms with van der Waals surface area (Å²) >= 11 is 0. The molecule has 23 heavy (non-hydrogen) atoms. The van der Waals surface area contributed by atoms with E-state index < -0.39 is 12.0 Å². The molecule has 8 heteroatoms. The summed E-state index contributed by atoms with van der Waals surface area (Å²) in [6, 6.07) is 6.60. The molecule has 1 fully saturated rings. The van der Waals surface area contributed by atoms with Crippen LogP contribution >= 0.6 is 0 Å². The van der Waals surface area contributed by atoms with Crippen molar-refractivity contribution in [3.8, 4) is 11.4 Å². The molecular weight excluding hydrogens is 300 g/mol. The molecule has 1 heterocycles. The fourth-order valence-corrected chi connectivity index (χ4v) is 2.04. The van der Waals surface area contributed by atoms with Gasteiger partial charge in [0.25, 0.3) is 0 Å². The predicted molar refractivity (Wildman–Crippen MR) is 81.0 cm³/mol. The third-order valence-corrected chi connectivity index (χ3v) is 3.37. The summed E-state index contributed by atoms with van der Waals surface area (Å²) in [6.45, 7) is 0.0659. The Labute approximate surface area is 131 Å². The van der Waals surface area contributed by atoms with Crippen LogP contribution in [0.15, 0.2) is 28.8 Å². The summed E-state index contributed by atoms with van der Waals surface area (Å²) in [4.78, 5) is 26.4. The molecule has 1 aromatic heterocycles. The van der Waals surface area contributed by atoms with Gasteiger partial charge in [0.1, 0.15) is 0 Å². The van der Waals surface area contributed by atoms with Crippen molar-refractivity contribution in [2.45, 2.75) is 25.2 Å². The number of carboxylic acids is 1. The van der Waals surface area contributed by atoms with Gasteiger partial charge in [-0.3, -0.25) is 4.79 Å². The Balaban J connectivity index is 1.62. The Kier molecular flexibility index (Phi) is 4.22. The van der Waals surface area contributed by atoms with Crippen LogP contribution in [0.4, 0.5) is 10.5 Å². The van der Waals surface area contributed by atoms with Gasteiger partial charge in [-0.15, -0.1) is 0 Å². The van der Waals surface area contributed by atoms with Crippen LogP contribution in [-0.4, -0.2) is 33.8 Å². The minimum absolute atomic E-state index is 0.0659. The predicted octanol–water partition coefficient (Wildman–Crippen LogP) is 2.21. The molecule has 1 saturated carbocycles. The van der Waals surface area contributed by atoms with Crippen molar-refractivity contribution in [2.75, 3.05) is 11.9 Å². The van der Waals surface area contributed by atoms with Gasteiger partial charge >= 0.3 is 12.0 Å². The molecule has 120 valence electrons. The zero-order valence-electron chi connectivity index (χ0n) is 12.3. The Hall–Kier alpha value is -2.90. The van der Waals surface area contributed by atoms with Crippen LogP contribution in [0.1, 0.15) is 31.1 Å². The molecule has 0 radical (unpaired) electrons. The Bertz CT molecular complexity index is 724. The van der Waals surface area contributed by atoms with Crippen LogP contribution in [0.3, 0.4) is 0 Å². The quantitative estimate of drug-likeness (QED) is 0.752. The van der Waals surface area contributed by atoms with Gasteiger partial charge in [-0.2, -0.15) is 4.98 Å². The van der Waals surface area contributed by atoms with Crippen LogP contribution in [0.2, 0.25) is 0 Å². The van der Waals surface area contributed by atoms with Crippen molar-refractivity contribution in [2.24, 2.45) is 0 Å². The van der Waals surface area contributed by atoms with Gasteiger partial charge in [0.05, 0.1) is 6.42 Å². The van der Waals surface area contributed by atoms with Crippen LogP contribution in [-0.2, 0) is 4.79 Å². The lowest BCUT2D eigenvalue weighted by molar-refractivity contribution is -0.136. The monoisotopic (exact) mass is 316 g/mol. The van der Waals surface area contributed by atoms with Gasteiger partial charge < -0.3 is 20.3 Å². The fourth-order valence-electron chi connectivity index (χ4n) is 2.04. The van der Waals surface area contributed by atoms with E-state index in [4.69, 9.17) is 9.63 Å². The molecule has 0 saturated heterocycles. The Morgan fingerprint density at radius 2 is 2.17 bits per heavy atom. The first-order valence-electron chi connectivity index (χ1n) is 7.32. The van der Waals surface area contributed by atoms with Crippen molar-refractivity contribution in [3.63, 3.8) is 0 Å². The molecular formula is C15H16N4O4. The summed E-state index contributed by atoms with van der Waals surface area (Å²) in [5.41, 5.74) is 1.30. The minimum Gasteiger partial charge on any atom is -0.481 e. The topological polar surface area (TPSA) is 117 Å². The number of hydrogen-bond donors (Lipinski definition) is 3. The second kappa shape index (κ2) is 6.47. The molecule has 1 aromatic carbocycles. The van der Waals surface area contributed by atoms with Gasteiger partial charge in [-0.1, -0.05) is 17.3 Å². The van der Waals surface area contributed by atoms with Gasteiger partial charge in [-0.25, -0.2) is 4.79 Å². The highest BCUT2D eigenvalue weighted by Gasteiger charge is 2.29.